The number of hydrogen-bond acceptors (Lipinski definition) is 3. The minimum absolute atomic E-state index is 0. The summed E-state index contributed by atoms with van der Waals surface area (Å²) in [5, 5.41) is 3.40. The maximum Gasteiger partial charge on any atom is 0.141 e. The van der Waals surface area contributed by atoms with E-state index in [1.165, 1.54) is 6.07 Å². The normalized spacial score (nSPS) is 10.2. The number of furan rings is 1. The lowest BCUT2D eigenvalue weighted by Gasteiger charge is -2.09. The van der Waals surface area contributed by atoms with E-state index in [2.05, 4.69) is 10.2 Å². The molecule has 1 heterocycles. The van der Waals surface area contributed by atoms with Gasteiger partial charge >= 0.3 is 0 Å². The van der Waals surface area contributed by atoms with Crippen molar-refractivity contribution in [2.45, 2.75) is 6.54 Å². The maximum atomic E-state index is 13.1. The van der Waals surface area contributed by atoms with Crippen molar-refractivity contribution < 1.29 is 8.81 Å². The second kappa shape index (κ2) is 10.1. The molecule has 0 amide bonds. The topological polar surface area (TPSA) is 28.4 Å². The highest BCUT2D eigenvalue weighted by Gasteiger charge is 2.07. The van der Waals surface area contributed by atoms with Gasteiger partial charge in [0.15, 0.2) is 0 Å². The fourth-order valence-corrected chi connectivity index (χ4v) is 1.97. The molecule has 1 aromatic carbocycles. The summed E-state index contributed by atoms with van der Waals surface area (Å²) in [6, 6.07) is 8.35. The highest BCUT2D eigenvalue weighted by molar-refractivity contribution is 6.31. The van der Waals surface area contributed by atoms with Crippen LogP contribution >= 0.6 is 36.4 Å². The molecule has 3 nitrogen and oxygen atoms in total. The quantitative estimate of drug-likeness (QED) is 0.772. The zero-order chi connectivity index (χ0) is 14.5. The van der Waals surface area contributed by atoms with Gasteiger partial charge in [0.25, 0.3) is 0 Å². The maximum absolute atomic E-state index is 13.1. The van der Waals surface area contributed by atoms with Crippen LogP contribution in [0.4, 0.5) is 4.39 Å². The van der Waals surface area contributed by atoms with Gasteiger partial charge in [-0.3, -0.25) is 0 Å². The van der Waals surface area contributed by atoms with Gasteiger partial charge in [0.05, 0.1) is 11.6 Å². The number of nitrogens with zero attached hydrogens (tertiary/aromatic N) is 1. The lowest BCUT2D eigenvalue weighted by molar-refractivity contribution is 0.392. The Labute approximate surface area is 147 Å². The van der Waals surface area contributed by atoms with Crippen LogP contribution in [-0.4, -0.2) is 32.1 Å². The van der Waals surface area contributed by atoms with Crippen LogP contribution in [0, 0.1) is 5.82 Å². The SMILES string of the molecule is CN(C)CCNCc1ccc(-c2ccc(F)c(Cl)c2)o1.Cl.Cl. The highest BCUT2D eigenvalue weighted by atomic mass is 35.5. The van der Waals surface area contributed by atoms with Gasteiger partial charge in [-0.15, -0.1) is 24.8 Å². The number of hydrogen-bond donors (Lipinski definition) is 1. The van der Waals surface area contributed by atoms with Gasteiger partial charge in [-0.1, -0.05) is 11.6 Å². The van der Waals surface area contributed by atoms with E-state index in [1.54, 1.807) is 12.1 Å². The van der Waals surface area contributed by atoms with E-state index in [1.807, 2.05) is 26.2 Å². The molecule has 1 N–H and O–H groups in total. The first-order chi connectivity index (χ1) is 9.56. The van der Waals surface area contributed by atoms with Crippen LogP contribution in [0.25, 0.3) is 11.3 Å². The van der Waals surface area contributed by atoms with E-state index < -0.39 is 5.82 Å². The predicted octanol–water partition coefficient (Wildman–Crippen LogP) is 4.23. The lowest BCUT2D eigenvalue weighted by atomic mass is 10.2. The van der Waals surface area contributed by atoms with E-state index in [-0.39, 0.29) is 29.8 Å². The molecule has 2 rings (SSSR count). The van der Waals surface area contributed by atoms with Crippen LogP contribution < -0.4 is 5.32 Å². The molecule has 0 aliphatic rings. The molecule has 0 unspecified atom stereocenters. The standard InChI is InChI=1S/C15H18ClFN2O.2ClH/c1-19(2)8-7-18-10-12-4-6-15(20-12)11-3-5-14(17)13(16)9-11;;/h3-6,9,18H,7-8,10H2,1-2H3;2*1H. The van der Waals surface area contributed by atoms with E-state index in [4.69, 9.17) is 16.0 Å². The number of halogens is 4. The van der Waals surface area contributed by atoms with Crippen molar-refractivity contribution in [2.24, 2.45) is 0 Å². The molecule has 7 heteroatoms. The fourth-order valence-electron chi connectivity index (χ4n) is 1.79. The molecule has 0 aliphatic heterocycles. The van der Waals surface area contributed by atoms with Crippen molar-refractivity contribution in [3.63, 3.8) is 0 Å². The third-order valence-electron chi connectivity index (χ3n) is 2.90. The molecule has 0 spiro atoms. The van der Waals surface area contributed by atoms with Crippen LogP contribution in [0.1, 0.15) is 5.76 Å². The molecule has 0 saturated heterocycles. The number of rotatable bonds is 6. The van der Waals surface area contributed by atoms with Crippen molar-refractivity contribution in [3.05, 3.63) is 46.9 Å². The van der Waals surface area contributed by atoms with E-state index in [0.29, 0.717) is 12.3 Å². The molecule has 0 aliphatic carbocycles. The Morgan fingerprint density at radius 2 is 1.91 bits per heavy atom. The zero-order valence-corrected chi connectivity index (χ0v) is 14.8. The van der Waals surface area contributed by atoms with Crippen LogP contribution in [0.2, 0.25) is 5.02 Å². The second-order valence-corrected chi connectivity index (χ2v) is 5.28. The van der Waals surface area contributed by atoms with Gasteiger partial charge in [-0.05, 0) is 44.4 Å². The van der Waals surface area contributed by atoms with Crippen molar-refractivity contribution in [1.82, 2.24) is 10.2 Å². The van der Waals surface area contributed by atoms with Crippen LogP contribution in [0.5, 0.6) is 0 Å². The third kappa shape index (κ3) is 6.15. The van der Waals surface area contributed by atoms with Gasteiger partial charge in [0.1, 0.15) is 17.3 Å². The number of likely N-dealkylation sites (N-methyl/N-ethyl adjacent to an activating group) is 1. The third-order valence-corrected chi connectivity index (χ3v) is 3.19. The molecular formula is C15H20Cl3FN2O. The largest absolute Gasteiger partial charge is 0.460 e. The predicted molar refractivity (Wildman–Crippen MR) is 93.9 cm³/mol. The number of benzene rings is 1. The molecule has 0 bridgehead atoms. The Bertz CT molecular complexity index is 576. The van der Waals surface area contributed by atoms with Crippen molar-refractivity contribution in [1.29, 1.82) is 0 Å². The molecule has 22 heavy (non-hydrogen) atoms. The molecule has 0 saturated carbocycles. The summed E-state index contributed by atoms with van der Waals surface area (Å²) >= 11 is 5.77. The Morgan fingerprint density at radius 3 is 2.55 bits per heavy atom. The lowest BCUT2D eigenvalue weighted by Crippen LogP contribution is -2.25. The van der Waals surface area contributed by atoms with Gasteiger partial charge in [0.2, 0.25) is 0 Å². The Morgan fingerprint density at radius 1 is 1.18 bits per heavy atom. The zero-order valence-electron chi connectivity index (χ0n) is 12.4. The highest BCUT2D eigenvalue weighted by Crippen LogP contribution is 2.26. The van der Waals surface area contributed by atoms with Crippen LogP contribution in [0.15, 0.2) is 34.7 Å². The average Bonchev–Trinajstić information content (AvgIpc) is 2.86. The summed E-state index contributed by atoms with van der Waals surface area (Å²) in [6.45, 7) is 2.54. The van der Waals surface area contributed by atoms with E-state index in [0.717, 1.165) is 24.4 Å². The summed E-state index contributed by atoms with van der Waals surface area (Å²) in [7, 11) is 4.07. The summed E-state index contributed by atoms with van der Waals surface area (Å²) in [4.78, 5) is 2.11. The van der Waals surface area contributed by atoms with E-state index in [9.17, 15) is 4.39 Å². The molecular weight excluding hydrogens is 350 g/mol. The van der Waals surface area contributed by atoms with Gasteiger partial charge in [0, 0.05) is 18.7 Å². The summed E-state index contributed by atoms with van der Waals surface area (Å²) in [5.41, 5.74) is 0.774. The summed E-state index contributed by atoms with van der Waals surface area (Å²) in [5.74, 6) is 1.11. The molecule has 0 radical (unpaired) electrons. The van der Waals surface area contributed by atoms with Crippen molar-refractivity contribution in [2.75, 3.05) is 27.2 Å². The molecule has 124 valence electrons. The van der Waals surface area contributed by atoms with Gasteiger partial charge in [-0.2, -0.15) is 0 Å². The Hall–Kier alpha value is -0.780. The minimum atomic E-state index is -0.424. The van der Waals surface area contributed by atoms with Gasteiger partial charge in [-0.25, -0.2) is 4.39 Å². The first-order valence-electron chi connectivity index (χ1n) is 6.46. The Balaban J connectivity index is 0.00000220. The molecule has 0 fully saturated rings. The number of nitrogens with one attached hydrogen (secondary N) is 1. The van der Waals surface area contributed by atoms with E-state index >= 15 is 0 Å². The Kier molecular flexibility index (Phi) is 9.72. The second-order valence-electron chi connectivity index (χ2n) is 4.87. The van der Waals surface area contributed by atoms with Crippen molar-refractivity contribution >= 4 is 36.4 Å². The summed E-state index contributed by atoms with van der Waals surface area (Å²) in [6.07, 6.45) is 0. The monoisotopic (exact) mass is 368 g/mol. The molecule has 1 aromatic heterocycles. The minimum Gasteiger partial charge on any atom is -0.460 e. The first-order valence-corrected chi connectivity index (χ1v) is 6.83. The smallest absolute Gasteiger partial charge is 0.141 e. The van der Waals surface area contributed by atoms with Gasteiger partial charge < -0.3 is 14.6 Å². The molecule has 0 atom stereocenters. The van der Waals surface area contributed by atoms with Crippen LogP contribution in [0.3, 0.4) is 0 Å². The first kappa shape index (κ1) is 21.2. The average molecular weight is 370 g/mol. The summed E-state index contributed by atoms with van der Waals surface area (Å²) < 4.78 is 18.8. The van der Waals surface area contributed by atoms with Crippen molar-refractivity contribution in [3.8, 4) is 11.3 Å². The van der Waals surface area contributed by atoms with Crippen LogP contribution in [-0.2, 0) is 6.54 Å². The molecule has 2 aromatic rings. The fraction of sp³-hybridized carbons (Fsp3) is 0.333.